The number of carbonyl (C=O) groups is 1. The van der Waals surface area contributed by atoms with E-state index in [2.05, 4.69) is 4.98 Å². The Morgan fingerprint density at radius 3 is 2.39 bits per heavy atom. The first-order valence-corrected chi connectivity index (χ1v) is 9.86. The Balaban J connectivity index is 1.84. The topological polar surface area (TPSA) is 107 Å². The number of nitrogens with two attached hydrogens (primary N) is 2. The highest BCUT2D eigenvalue weighted by Gasteiger charge is 2.19. The molecule has 8 nitrogen and oxygen atoms in total. The van der Waals surface area contributed by atoms with Crippen LogP contribution in [0, 0.1) is 0 Å². The predicted molar refractivity (Wildman–Crippen MR) is 120 cm³/mol. The molecule has 3 rings (SSSR count). The van der Waals surface area contributed by atoms with Crippen molar-refractivity contribution in [2.75, 3.05) is 19.2 Å². The number of urea groups is 1. The molecule has 0 bridgehead atoms. The molecule has 0 atom stereocenters. The van der Waals surface area contributed by atoms with Crippen LogP contribution in [0.15, 0.2) is 60.7 Å². The molecule has 4 N–H and O–H groups in total. The van der Waals surface area contributed by atoms with Crippen molar-refractivity contribution >= 4 is 11.7 Å². The number of ether oxygens (including phenoxy) is 2. The third kappa shape index (κ3) is 5.11. The van der Waals surface area contributed by atoms with Gasteiger partial charge in [0, 0.05) is 24.2 Å². The summed E-state index contributed by atoms with van der Waals surface area (Å²) in [5.41, 5.74) is 4.09. The van der Waals surface area contributed by atoms with Gasteiger partial charge in [-0.05, 0) is 48.4 Å². The fourth-order valence-electron chi connectivity index (χ4n) is 3.18. The summed E-state index contributed by atoms with van der Waals surface area (Å²) < 4.78 is 11.2. The first-order valence-electron chi connectivity index (χ1n) is 9.86. The smallest absolute Gasteiger partial charge is 0.352 e. The van der Waals surface area contributed by atoms with Gasteiger partial charge in [-0.1, -0.05) is 25.1 Å². The van der Waals surface area contributed by atoms with Gasteiger partial charge >= 0.3 is 6.03 Å². The summed E-state index contributed by atoms with van der Waals surface area (Å²) >= 11 is 0. The summed E-state index contributed by atoms with van der Waals surface area (Å²) in [6.45, 7) is 2.23. The zero-order valence-corrected chi connectivity index (χ0v) is 17.9. The molecular formula is C23H27N5O3. The van der Waals surface area contributed by atoms with Crippen molar-refractivity contribution in [1.29, 1.82) is 0 Å². The average Bonchev–Trinajstić information content (AvgIpc) is 2.81. The Hall–Kier alpha value is -3.62. The number of benzene rings is 2. The Bertz CT molecular complexity index is 1040. The number of hydrogen-bond acceptors (Lipinski definition) is 6. The fourth-order valence-corrected chi connectivity index (χ4v) is 3.18. The first kappa shape index (κ1) is 22.1. The van der Waals surface area contributed by atoms with Crippen LogP contribution in [-0.4, -0.2) is 30.2 Å². The highest BCUT2D eigenvalue weighted by Crippen LogP contribution is 2.27. The molecule has 3 aromatic rings. The third-order valence-corrected chi connectivity index (χ3v) is 4.87. The molecule has 162 valence electrons. The molecule has 0 fully saturated rings. The maximum absolute atomic E-state index is 12.3. The van der Waals surface area contributed by atoms with Crippen LogP contribution >= 0.6 is 0 Å². The molecule has 0 aliphatic carbocycles. The molecule has 0 aliphatic rings. The average molecular weight is 422 g/mol. The molecular weight excluding hydrogens is 394 g/mol. The van der Waals surface area contributed by atoms with Crippen LogP contribution in [0.5, 0.6) is 11.6 Å². The Kier molecular flexibility index (Phi) is 7.07. The predicted octanol–water partition coefficient (Wildman–Crippen LogP) is 3.50. The number of aryl methyl sites for hydroxylation is 1. The fraction of sp³-hybridized carbons (Fsp3) is 0.217. The monoisotopic (exact) mass is 421 g/mol. The number of carbonyl (C=O) groups excluding carboxylic acids is 1. The van der Waals surface area contributed by atoms with Crippen molar-refractivity contribution in [1.82, 2.24) is 9.99 Å². The normalized spacial score (nSPS) is 10.5. The number of hydrogen-bond donors (Lipinski definition) is 2. The van der Waals surface area contributed by atoms with Crippen LogP contribution < -0.4 is 26.2 Å². The SMILES string of the molecule is CCc1cccc(N(N)C(=O)N(C)N)c1COc1cccc(-c2ccc(OC)cc2)n1. The molecule has 0 radical (unpaired) electrons. The van der Waals surface area contributed by atoms with Crippen LogP contribution in [0.1, 0.15) is 18.1 Å². The minimum absolute atomic E-state index is 0.202. The van der Waals surface area contributed by atoms with Crippen molar-refractivity contribution in [3.63, 3.8) is 0 Å². The number of hydrazine groups is 2. The first-order chi connectivity index (χ1) is 14.9. The summed E-state index contributed by atoms with van der Waals surface area (Å²) in [4.78, 5) is 16.9. The van der Waals surface area contributed by atoms with Crippen LogP contribution in [-0.2, 0) is 13.0 Å². The molecule has 2 amide bonds. The number of anilines is 1. The van der Waals surface area contributed by atoms with Gasteiger partial charge in [0.05, 0.1) is 18.5 Å². The van der Waals surface area contributed by atoms with Crippen LogP contribution in [0.2, 0.25) is 0 Å². The minimum atomic E-state index is -0.533. The van der Waals surface area contributed by atoms with E-state index in [4.69, 9.17) is 21.2 Å². The standard InChI is InChI=1S/C23H27N5O3/c1-4-16-7-5-9-21(28(25)23(29)27(2)24)19(16)15-31-22-10-6-8-20(26-22)17-11-13-18(30-3)14-12-17/h5-14H,4,15,24-25H2,1-3H3. The second-order valence-corrected chi connectivity index (χ2v) is 6.91. The Morgan fingerprint density at radius 1 is 1.03 bits per heavy atom. The van der Waals surface area contributed by atoms with E-state index in [0.29, 0.717) is 11.6 Å². The van der Waals surface area contributed by atoms with E-state index in [1.54, 1.807) is 19.2 Å². The number of rotatable bonds is 7. The molecule has 0 aliphatic heterocycles. The van der Waals surface area contributed by atoms with E-state index in [1.807, 2.05) is 55.5 Å². The number of nitrogens with zero attached hydrogens (tertiary/aromatic N) is 3. The lowest BCUT2D eigenvalue weighted by molar-refractivity contribution is 0.216. The van der Waals surface area contributed by atoms with E-state index in [0.717, 1.165) is 44.6 Å². The zero-order chi connectivity index (χ0) is 22.4. The van der Waals surface area contributed by atoms with Crippen molar-refractivity contribution in [2.45, 2.75) is 20.0 Å². The lowest BCUT2D eigenvalue weighted by atomic mass is 10.0. The zero-order valence-electron chi connectivity index (χ0n) is 17.9. The lowest BCUT2D eigenvalue weighted by Gasteiger charge is -2.24. The number of methoxy groups -OCH3 is 1. The Labute approximate surface area is 181 Å². The summed E-state index contributed by atoms with van der Waals surface area (Å²) in [6.07, 6.45) is 0.756. The molecule has 1 heterocycles. The van der Waals surface area contributed by atoms with Crippen molar-refractivity contribution in [3.8, 4) is 22.9 Å². The van der Waals surface area contributed by atoms with Gasteiger partial charge in [0.1, 0.15) is 12.4 Å². The molecule has 8 heteroatoms. The summed E-state index contributed by atoms with van der Waals surface area (Å²) in [6, 6.07) is 18.3. The highest BCUT2D eigenvalue weighted by atomic mass is 16.5. The molecule has 0 saturated carbocycles. The molecule has 0 unspecified atom stereocenters. The van der Waals surface area contributed by atoms with Gasteiger partial charge in [0.15, 0.2) is 0 Å². The summed E-state index contributed by atoms with van der Waals surface area (Å²) in [5, 5.41) is 1.96. The molecule has 2 aromatic carbocycles. The number of aromatic nitrogens is 1. The molecule has 0 saturated heterocycles. The maximum atomic E-state index is 12.3. The van der Waals surface area contributed by atoms with E-state index >= 15 is 0 Å². The van der Waals surface area contributed by atoms with Gasteiger partial charge in [0.2, 0.25) is 5.88 Å². The second kappa shape index (κ2) is 9.92. The van der Waals surface area contributed by atoms with E-state index in [9.17, 15) is 4.79 Å². The molecule has 31 heavy (non-hydrogen) atoms. The van der Waals surface area contributed by atoms with Gasteiger partial charge in [-0.3, -0.25) is 5.01 Å². The highest BCUT2D eigenvalue weighted by molar-refractivity contribution is 5.91. The van der Waals surface area contributed by atoms with Gasteiger partial charge in [0.25, 0.3) is 0 Å². The van der Waals surface area contributed by atoms with E-state index < -0.39 is 6.03 Å². The van der Waals surface area contributed by atoms with Gasteiger partial charge in [-0.25, -0.2) is 26.5 Å². The van der Waals surface area contributed by atoms with Crippen molar-refractivity contribution in [3.05, 3.63) is 71.8 Å². The van der Waals surface area contributed by atoms with Crippen LogP contribution in [0.25, 0.3) is 11.3 Å². The summed E-state index contributed by atoms with van der Waals surface area (Å²) in [5.74, 6) is 12.9. The lowest BCUT2D eigenvalue weighted by Crippen LogP contribution is -2.49. The van der Waals surface area contributed by atoms with Gasteiger partial charge < -0.3 is 9.47 Å². The maximum Gasteiger partial charge on any atom is 0.352 e. The second-order valence-electron chi connectivity index (χ2n) is 6.91. The molecule has 0 spiro atoms. The van der Waals surface area contributed by atoms with Gasteiger partial charge in [-0.15, -0.1) is 0 Å². The summed E-state index contributed by atoms with van der Waals surface area (Å²) in [7, 11) is 3.07. The van der Waals surface area contributed by atoms with E-state index in [1.165, 1.54) is 7.05 Å². The quantitative estimate of drug-likeness (QED) is 0.343. The van der Waals surface area contributed by atoms with Crippen LogP contribution in [0.3, 0.4) is 0 Å². The van der Waals surface area contributed by atoms with Crippen LogP contribution in [0.4, 0.5) is 10.5 Å². The van der Waals surface area contributed by atoms with Gasteiger partial charge in [-0.2, -0.15) is 0 Å². The minimum Gasteiger partial charge on any atom is -0.497 e. The largest absolute Gasteiger partial charge is 0.497 e. The Morgan fingerprint density at radius 2 is 1.74 bits per heavy atom. The number of pyridine rings is 1. The van der Waals surface area contributed by atoms with Crippen molar-refractivity contribution in [2.24, 2.45) is 11.7 Å². The van der Waals surface area contributed by atoms with E-state index in [-0.39, 0.29) is 6.61 Å². The molecule has 1 aromatic heterocycles. The van der Waals surface area contributed by atoms with Crippen molar-refractivity contribution < 1.29 is 14.3 Å². The number of amides is 2. The third-order valence-electron chi connectivity index (χ3n) is 4.87.